The average Bonchev–Trinajstić information content (AvgIpc) is 3.64. The predicted octanol–water partition coefficient (Wildman–Crippen LogP) is 14.7. The van der Waals surface area contributed by atoms with Crippen molar-refractivity contribution < 1.29 is 14.6 Å². The number of ether oxygens (including phenoxy) is 2. The maximum Gasteiger partial charge on any atom is 0.119 e. The lowest BCUT2D eigenvalue weighted by Gasteiger charge is -2.34. The van der Waals surface area contributed by atoms with Gasteiger partial charge in [0.15, 0.2) is 0 Å². The van der Waals surface area contributed by atoms with Crippen LogP contribution in [0, 0.1) is 0 Å². The van der Waals surface area contributed by atoms with Crippen LogP contribution in [-0.4, -0.2) is 12.2 Å². The molecular formula is C58H56O3. The van der Waals surface area contributed by atoms with Crippen LogP contribution in [0.1, 0.15) is 72.2 Å². The molecule has 3 heteroatoms. The summed E-state index contributed by atoms with van der Waals surface area (Å²) >= 11 is 0. The minimum absolute atomic E-state index is 0.259. The molecule has 0 bridgehead atoms. The standard InChI is InChI=1S/C40H32O3.C16H18.C2H6/c1-42-26-28-10-14-30(15-11-28)31-16-12-29(13-17-31)27-43-35-24-20-33(21-25-35)40(32-18-22-34(41)23-19-32)38-8-4-2-6-36(38)37-7-3-5-9-39(37)40;1-3-13-5-9-15(10-6-13)16-11-7-14(4-2)8-12-16;1-2/h2-25,41H,26-27H2,1H3;5-12H,3-4H2,1-2H3;1-2H3. The third-order valence-corrected chi connectivity index (χ3v) is 11.6. The van der Waals surface area contributed by atoms with Crippen molar-refractivity contribution in [2.24, 2.45) is 0 Å². The highest BCUT2D eigenvalue weighted by Crippen LogP contribution is 2.56. The second-order valence-corrected chi connectivity index (χ2v) is 15.1. The predicted molar refractivity (Wildman–Crippen MR) is 254 cm³/mol. The van der Waals surface area contributed by atoms with Gasteiger partial charge in [0.1, 0.15) is 18.1 Å². The Labute approximate surface area is 363 Å². The van der Waals surface area contributed by atoms with Gasteiger partial charge in [-0.05, 0) is 115 Å². The quantitative estimate of drug-likeness (QED) is 0.142. The van der Waals surface area contributed by atoms with Gasteiger partial charge >= 0.3 is 0 Å². The Balaban J connectivity index is 0.000000261. The molecule has 9 rings (SSSR count). The van der Waals surface area contributed by atoms with Crippen LogP contribution in [0.25, 0.3) is 33.4 Å². The van der Waals surface area contributed by atoms with Crippen molar-refractivity contribution in [3.63, 3.8) is 0 Å². The Morgan fingerprint density at radius 3 is 1.16 bits per heavy atom. The van der Waals surface area contributed by atoms with E-state index in [0.29, 0.717) is 13.2 Å². The molecule has 1 aliphatic rings. The third kappa shape index (κ3) is 9.23. The smallest absolute Gasteiger partial charge is 0.119 e. The maximum absolute atomic E-state index is 10.1. The van der Waals surface area contributed by atoms with Gasteiger partial charge in [0, 0.05) is 7.11 Å². The normalized spacial score (nSPS) is 11.9. The van der Waals surface area contributed by atoms with Gasteiger partial charge in [-0.2, -0.15) is 0 Å². The summed E-state index contributed by atoms with van der Waals surface area (Å²) < 4.78 is 11.5. The van der Waals surface area contributed by atoms with Gasteiger partial charge in [0.2, 0.25) is 0 Å². The van der Waals surface area contributed by atoms with E-state index >= 15 is 0 Å². The largest absolute Gasteiger partial charge is 0.508 e. The number of phenols is 1. The van der Waals surface area contributed by atoms with Gasteiger partial charge in [-0.3, -0.25) is 0 Å². The molecule has 0 amide bonds. The zero-order valence-corrected chi connectivity index (χ0v) is 36.1. The number of rotatable bonds is 11. The van der Waals surface area contributed by atoms with Crippen LogP contribution < -0.4 is 4.74 Å². The number of fused-ring (bicyclic) bond motifs is 3. The Morgan fingerprint density at radius 2 is 0.770 bits per heavy atom. The monoisotopic (exact) mass is 800 g/mol. The van der Waals surface area contributed by atoms with Crippen LogP contribution in [0.15, 0.2) is 194 Å². The molecule has 0 aliphatic heterocycles. The summed E-state index contributed by atoms with van der Waals surface area (Å²) in [6.07, 6.45) is 2.21. The molecule has 0 saturated carbocycles. The number of methoxy groups -OCH3 is 1. The SMILES string of the molecule is CC.CCc1ccc(-c2ccc(CC)cc2)cc1.COCc1ccc(-c2ccc(COc3ccc(C4(c5ccc(O)cc5)c5ccccc5-c5ccccc54)cc3)cc2)cc1. The van der Waals surface area contributed by atoms with Crippen LogP contribution in [0.4, 0.5) is 0 Å². The molecule has 306 valence electrons. The molecule has 0 radical (unpaired) electrons. The molecule has 0 saturated heterocycles. The van der Waals surface area contributed by atoms with Gasteiger partial charge in [-0.25, -0.2) is 0 Å². The van der Waals surface area contributed by atoms with Crippen LogP contribution in [0.5, 0.6) is 11.5 Å². The van der Waals surface area contributed by atoms with Crippen molar-refractivity contribution in [2.45, 2.75) is 59.2 Å². The Bertz CT molecular complexity index is 2500. The van der Waals surface area contributed by atoms with Crippen molar-refractivity contribution in [2.75, 3.05) is 7.11 Å². The topological polar surface area (TPSA) is 38.7 Å². The van der Waals surface area contributed by atoms with E-state index in [2.05, 4.69) is 184 Å². The summed E-state index contributed by atoms with van der Waals surface area (Å²) in [6.45, 7) is 9.48. The molecule has 1 N–H and O–H groups in total. The number of phenolic OH excluding ortho intramolecular Hbond substituents is 1. The number of benzene rings is 8. The first-order valence-corrected chi connectivity index (χ1v) is 21.6. The number of aromatic hydroxyl groups is 1. The molecule has 8 aromatic carbocycles. The summed E-state index contributed by atoms with van der Waals surface area (Å²) in [6, 6.07) is 68.1. The average molecular weight is 801 g/mol. The molecule has 8 aromatic rings. The number of hydrogen-bond acceptors (Lipinski definition) is 3. The van der Waals surface area contributed by atoms with Crippen LogP contribution >= 0.6 is 0 Å². The van der Waals surface area contributed by atoms with Crippen LogP contribution in [-0.2, 0) is 36.2 Å². The summed E-state index contributed by atoms with van der Waals surface area (Å²) in [5.41, 5.74) is 16.8. The zero-order chi connectivity index (χ0) is 42.6. The van der Waals surface area contributed by atoms with E-state index < -0.39 is 5.41 Å². The second kappa shape index (κ2) is 20.1. The Kier molecular flexibility index (Phi) is 14.0. The molecular weight excluding hydrogens is 745 g/mol. The molecule has 0 unspecified atom stereocenters. The Hall–Kier alpha value is -6.68. The highest BCUT2D eigenvalue weighted by Gasteiger charge is 2.45. The van der Waals surface area contributed by atoms with Crippen LogP contribution in [0.3, 0.4) is 0 Å². The zero-order valence-electron chi connectivity index (χ0n) is 36.1. The lowest BCUT2D eigenvalue weighted by atomic mass is 9.68. The van der Waals surface area contributed by atoms with E-state index in [-0.39, 0.29) is 5.75 Å². The highest BCUT2D eigenvalue weighted by atomic mass is 16.5. The second-order valence-electron chi connectivity index (χ2n) is 15.1. The molecule has 1 aliphatic carbocycles. The van der Waals surface area contributed by atoms with Crippen molar-refractivity contribution >= 4 is 0 Å². The Morgan fingerprint density at radius 1 is 0.410 bits per heavy atom. The maximum atomic E-state index is 10.1. The minimum atomic E-state index is -0.503. The van der Waals surface area contributed by atoms with E-state index in [1.807, 2.05) is 26.0 Å². The first-order chi connectivity index (χ1) is 30.0. The molecule has 0 heterocycles. The summed E-state index contributed by atoms with van der Waals surface area (Å²) in [5.74, 6) is 1.08. The lowest BCUT2D eigenvalue weighted by Crippen LogP contribution is -2.28. The molecule has 3 nitrogen and oxygen atoms in total. The van der Waals surface area contributed by atoms with Gasteiger partial charge in [0.25, 0.3) is 0 Å². The fourth-order valence-corrected chi connectivity index (χ4v) is 8.32. The first-order valence-electron chi connectivity index (χ1n) is 21.6. The van der Waals surface area contributed by atoms with Gasteiger partial charge in [0.05, 0.1) is 12.0 Å². The molecule has 0 atom stereocenters. The van der Waals surface area contributed by atoms with E-state index in [4.69, 9.17) is 9.47 Å². The molecule has 0 aromatic heterocycles. The van der Waals surface area contributed by atoms with Crippen molar-refractivity contribution in [1.29, 1.82) is 0 Å². The summed E-state index contributed by atoms with van der Waals surface area (Å²) in [4.78, 5) is 0. The summed E-state index contributed by atoms with van der Waals surface area (Å²) in [5, 5.41) is 10.1. The van der Waals surface area contributed by atoms with Gasteiger partial charge in [-0.1, -0.05) is 198 Å². The van der Waals surface area contributed by atoms with Crippen molar-refractivity contribution in [1.82, 2.24) is 0 Å². The van der Waals surface area contributed by atoms with E-state index in [9.17, 15) is 5.11 Å². The molecule has 0 fully saturated rings. The van der Waals surface area contributed by atoms with E-state index in [1.54, 1.807) is 19.2 Å². The number of aryl methyl sites for hydroxylation is 2. The van der Waals surface area contributed by atoms with Crippen molar-refractivity contribution in [3.05, 3.63) is 239 Å². The fraction of sp³-hybridized carbons (Fsp3) is 0.172. The molecule has 61 heavy (non-hydrogen) atoms. The van der Waals surface area contributed by atoms with Crippen molar-refractivity contribution in [3.8, 4) is 44.9 Å². The van der Waals surface area contributed by atoms with Gasteiger partial charge < -0.3 is 14.6 Å². The van der Waals surface area contributed by atoms with E-state index in [1.165, 1.54) is 55.6 Å². The third-order valence-electron chi connectivity index (χ3n) is 11.6. The van der Waals surface area contributed by atoms with Crippen LogP contribution in [0.2, 0.25) is 0 Å². The first kappa shape index (κ1) is 42.4. The van der Waals surface area contributed by atoms with E-state index in [0.717, 1.165) is 40.8 Å². The lowest BCUT2D eigenvalue weighted by molar-refractivity contribution is 0.185. The fourth-order valence-electron chi connectivity index (χ4n) is 8.32. The minimum Gasteiger partial charge on any atom is -0.508 e. The highest BCUT2D eigenvalue weighted by molar-refractivity contribution is 5.86. The molecule has 0 spiro atoms. The summed E-state index contributed by atoms with van der Waals surface area (Å²) in [7, 11) is 1.71. The number of hydrogen-bond donors (Lipinski definition) is 1. The van der Waals surface area contributed by atoms with Gasteiger partial charge in [-0.15, -0.1) is 0 Å².